The molecule has 114 valence electrons. The number of β-amino-alcohol motifs (C(OH)–C–C–N with tert-alkyl or cyclic N) is 1. The molecule has 0 aliphatic carbocycles. The standard InChI is InChI=1S/C14H20N4O3/c1-14(2,3)15-8-12(19)9-17-13-6-11(18(20)21)5-4-10(13)7-16-17/h4-7,12,15,19H,8-9H2,1-3H3. The molecular weight excluding hydrogens is 272 g/mol. The van der Waals surface area contributed by atoms with Crippen LogP contribution in [-0.4, -0.2) is 38.0 Å². The zero-order chi connectivity index (χ0) is 15.6. The number of nitrogens with one attached hydrogen (secondary N) is 1. The number of nitrogens with zero attached hydrogens (tertiary/aromatic N) is 3. The number of aromatic nitrogens is 2. The van der Waals surface area contributed by atoms with E-state index in [0.29, 0.717) is 12.1 Å². The first kappa shape index (κ1) is 15.4. The Morgan fingerprint density at radius 1 is 1.48 bits per heavy atom. The largest absolute Gasteiger partial charge is 0.390 e. The summed E-state index contributed by atoms with van der Waals surface area (Å²) in [6.45, 7) is 6.78. The molecule has 0 amide bonds. The molecule has 0 saturated carbocycles. The molecule has 1 heterocycles. The van der Waals surface area contributed by atoms with Crippen LogP contribution in [0.4, 0.5) is 5.69 Å². The third-order valence-electron chi connectivity index (χ3n) is 3.09. The maximum absolute atomic E-state index is 10.8. The van der Waals surface area contributed by atoms with E-state index in [1.165, 1.54) is 12.1 Å². The summed E-state index contributed by atoms with van der Waals surface area (Å²) >= 11 is 0. The van der Waals surface area contributed by atoms with Gasteiger partial charge in [0.25, 0.3) is 5.69 Å². The SMILES string of the molecule is CC(C)(C)NCC(O)Cn1ncc2ccc([N+](=O)[O-])cc21. The van der Waals surface area contributed by atoms with Crippen molar-refractivity contribution in [2.24, 2.45) is 0 Å². The minimum Gasteiger partial charge on any atom is -0.390 e. The third-order valence-corrected chi connectivity index (χ3v) is 3.09. The van der Waals surface area contributed by atoms with Gasteiger partial charge in [0.15, 0.2) is 0 Å². The summed E-state index contributed by atoms with van der Waals surface area (Å²) in [5.74, 6) is 0. The van der Waals surface area contributed by atoms with E-state index in [1.54, 1.807) is 16.9 Å². The van der Waals surface area contributed by atoms with Gasteiger partial charge in [-0.25, -0.2) is 0 Å². The summed E-state index contributed by atoms with van der Waals surface area (Å²) in [7, 11) is 0. The van der Waals surface area contributed by atoms with Crippen LogP contribution in [0.2, 0.25) is 0 Å². The quantitative estimate of drug-likeness (QED) is 0.646. The van der Waals surface area contributed by atoms with E-state index in [4.69, 9.17) is 0 Å². The second-order valence-corrected chi connectivity index (χ2v) is 6.11. The van der Waals surface area contributed by atoms with Gasteiger partial charge in [-0.2, -0.15) is 5.10 Å². The van der Waals surface area contributed by atoms with E-state index in [1.807, 2.05) is 20.8 Å². The zero-order valence-corrected chi connectivity index (χ0v) is 12.4. The molecule has 1 aromatic heterocycles. The number of hydrogen-bond acceptors (Lipinski definition) is 5. The number of rotatable bonds is 5. The fourth-order valence-corrected chi connectivity index (χ4v) is 2.01. The maximum Gasteiger partial charge on any atom is 0.271 e. The van der Waals surface area contributed by atoms with Crippen molar-refractivity contribution < 1.29 is 10.0 Å². The molecule has 7 nitrogen and oxygen atoms in total. The van der Waals surface area contributed by atoms with Gasteiger partial charge >= 0.3 is 0 Å². The molecule has 0 spiro atoms. The van der Waals surface area contributed by atoms with Crippen LogP contribution in [0.5, 0.6) is 0 Å². The lowest BCUT2D eigenvalue weighted by Crippen LogP contribution is -2.42. The number of fused-ring (bicyclic) bond motifs is 1. The second-order valence-electron chi connectivity index (χ2n) is 6.11. The number of nitro groups is 1. The first-order valence-corrected chi connectivity index (χ1v) is 6.79. The van der Waals surface area contributed by atoms with Gasteiger partial charge in [0.1, 0.15) is 0 Å². The van der Waals surface area contributed by atoms with Crippen LogP contribution < -0.4 is 5.32 Å². The summed E-state index contributed by atoms with van der Waals surface area (Å²) in [6.07, 6.45) is 1.02. The highest BCUT2D eigenvalue weighted by atomic mass is 16.6. The molecule has 1 unspecified atom stereocenters. The first-order chi connectivity index (χ1) is 9.76. The maximum atomic E-state index is 10.8. The lowest BCUT2D eigenvalue weighted by molar-refractivity contribution is -0.384. The second kappa shape index (κ2) is 5.79. The molecule has 0 fully saturated rings. The van der Waals surface area contributed by atoms with Crippen molar-refractivity contribution in [1.29, 1.82) is 0 Å². The number of aliphatic hydroxyl groups excluding tert-OH is 1. The molecule has 0 aliphatic rings. The molecule has 0 radical (unpaired) electrons. The molecule has 2 N–H and O–H groups in total. The van der Waals surface area contributed by atoms with E-state index in [2.05, 4.69) is 10.4 Å². The summed E-state index contributed by atoms with van der Waals surface area (Å²) in [5, 5.41) is 29.1. The zero-order valence-electron chi connectivity index (χ0n) is 12.4. The fraction of sp³-hybridized carbons (Fsp3) is 0.500. The van der Waals surface area contributed by atoms with Crippen molar-refractivity contribution in [3.05, 3.63) is 34.5 Å². The van der Waals surface area contributed by atoms with Gasteiger partial charge in [-0.1, -0.05) is 0 Å². The van der Waals surface area contributed by atoms with Crippen LogP contribution >= 0.6 is 0 Å². The van der Waals surface area contributed by atoms with Crippen LogP contribution in [0.25, 0.3) is 10.9 Å². The van der Waals surface area contributed by atoms with Crippen LogP contribution in [0, 0.1) is 10.1 Å². The monoisotopic (exact) mass is 292 g/mol. The van der Waals surface area contributed by atoms with Gasteiger partial charge < -0.3 is 10.4 Å². The molecule has 1 aromatic carbocycles. The average Bonchev–Trinajstić information content (AvgIpc) is 2.78. The normalized spacial score (nSPS) is 13.5. The van der Waals surface area contributed by atoms with Crippen LogP contribution in [0.15, 0.2) is 24.4 Å². The minimum absolute atomic E-state index is 0.0200. The Morgan fingerprint density at radius 3 is 2.81 bits per heavy atom. The highest BCUT2D eigenvalue weighted by Crippen LogP contribution is 2.20. The average molecular weight is 292 g/mol. The Bertz CT molecular complexity index is 645. The van der Waals surface area contributed by atoms with E-state index in [-0.39, 0.29) is 17.8 Å². The van der Waals surface area contributed by atoms with Crippen molar-refractivity contribution >= 4 is 16.6 Å². The molecule has 2 rings (SSSR count). The number of nitro benzene ring substituents is 1. The van der Waals surface area contributed by atoms with Crippen molar-refractivity contribution in [3.63, 3.8) is 0 Å². The fourth-order valence-electron chi connectivity index (χ4n) is 2.01. The molecule has 0 saturated heterocycles. The Labute approximate surface area is 122 Å². The summed E-state index contributed by atoms with van der Waals surface area (Å²) in [6, 6.07) is 4.59. The van der Waals surface area contributed by atoms with Crippen molar-refractivity contribution in [3.8, 4) is 0 Å². The van der Waals surface area contributed by atoms with E-state index >= 15 is 0 Å². The third kappa shape index (κ3) is 3.99. The number of aliphatic hydroxyl groups is 1. The molecular formula is C14H20N4O3. The topological polar surface area (TPSA) is 93.2 Å². The smallest absolute Gasteiger partial charge is 0.271 e. The van der Waals surface area contributed by atoms with Gasteiger partial charge in [-0.3, -0.25) is 14.8 Å². The van der Waals surface area contributed by atoms with Crippen molar-refractivity contribution in [2.75, 3.05) is 6.54 Å². The Hall–Kier alpha value is -1.99. The molecule has 2 aromatic rings. The highest BCUT2D eigenvalue weighted by Gasteiger charge is 2.15. The van der Waals surface area contributed by atoms with Crippen molar-refractivity contribution in [1.82, 2.24) is 15.1 Å². The van der Waals surface area contributed by atoms with Gasteiger partial charge in [-0.15, -0.1) is 0 Å². The van der Waals surface area contributed by atoms with Crippen molar-refractivity contribution in [2.45, 2.75) is 39.0 Å². The van der Waals surface area contributed by atoms with E-state index < -0.39 is 11.0 Å². The minimum atomic E-state index is -0.619. The predicted octanol–water partition coefficient (Wildman–Crippen LogP) is 1.69. The number of non-ortho nitro benzene ring substituents is 1. The van der Waals surface area contributed by atoms with Crippen LogP contribution in [0.3, 0.4) is 0 Å². The molecule has 1 atom stereocenters. The number of hydrogen-bond donors (Lipinski definition) is 2. The lowest BCUT2D eigenvalue weighted by atomic mass is 10.1. The Kier molecular flexibility index (Phi) is 4.24. The van der Waals surface area contributed by atoms with Crippen LogP contribution in [0.1, 0.15) is 20.8 Å². The summed E-state index contributed by atoms with van der Waals surface area (Å²) < 4.78 is 1.59. The summed E-state index contributed by atoms with van der Waals surface area (Å²) in [5.41, 5.74) is 0.594. The molecule has 21 heavy (non-hydrogen) atoms. The van der Waals surface area contributed by atoms with Gasteiger partial charge in [0.05, 0.1) is 29.3 Å². The molecule has 0 aliphatic heterocycles. The van der Waals surface area contributed by atoms with Gasteiger partial charge in [0, 0.05) is 29.6 Å². The molecule has 0 bridgehead atoms. The Morgan fingerprint density at radius 2 is 2.19 bits per heavy atom. The van der Waals surface area contributed by atoms with Gasteiger partial charge in [0.2, 0.25) is 0 Å². The summed E-state index contributed by atoms with van der Waals surface area (Å²) in [4.78, 5) is 10.4. The van der Waals surface area contributed by atoms with E-state index in [0.717, 1.165) is 5.39 Å². The number of benzene rings is 1. The Balaban J connectivity index is 2.14. The first-order valence-electron chi connectivity index (χ1n) is 6.79. The predicted molar refractivity (Wildman–Crippen MR) is 80.1 cm³/mol. The van der Waals surface area contributed by atoms with E-state index in [9.17, 15) is 15.2 Å². The molecule has 7 heteroatoms. The highest BCUT2D eigenvalue weighted by molar-refractivity contribution is 5.80. The lowest BCUT2D eigenvalue weighted by Gasteiger charge is -2.23. The van der Waals surface area contributed by atoms with Gasteiger partial charge in [-0.05, 0) is 26.8 Å². The van der Waals surface area contributed by atoms with Crippen LogP contribution in [-0.2, 0) is 6.54 Å².